The zero-order valence-electron chi connectivity index (χ0n) is 8.36. The van der Waals surface area contributed by atoms with E-state index in [4.69, 9.17) is 0 Å². The lowest BCUT2D eigenvalue weighted by molar-refractivity contribution is -0.672. The Morgan fingerprint density at radius 3 is 2.75 bits per heavy atom. The van der Waals surface area contributed by atoms with Crippen LogP contribution in [0.15, 0.2) is 38.1 Å². The number of Topliss-reactive ketones (excluding diaryl/α,β-unsaturated/α-hetero) is 1. The number of hydrogen-bond donors (Lipinski definition) is 1. The van der Waals surface area contributed by atoms with E-state index in [0.29, 0.717) is 5.69 Å². The second-order valence-corrected chi connectivity index (χ2v) is 4.03. The van der Waals surface area contributed by atoms with Gasteiger partial charge in [0, 0.05) is 13.0 Å². The van der Waals surface area contributed by atoms with Gasteiger partial charge in [0.2, 0.25) is 5.78 Å². The molecule has 0 unspecified atom stereocenters. The number of carbonyl (C=O) groups is 1. The number of aromatic amines is 1. The average Bonchev–Trinajstić information content (AvgIpc) is 2.61. The van der Waals surface area contributed by atoms with Crippen molar-refractivity contribution in [1.29, 1.82) is 0 Å². The van der Waals surface area contributed by atoms with E-state index in [0.717, 1.165) is 4.47 Å². The Morgan fingerprint density at radius 2 is 2.12 bits per heavy atom. The van der Waals surface area contributed by atoms with Gasteiger partial charge in [-0.15, -0.1) is 0 Å². The van der Waals surface area contributed by atoms with E-state index in [9.17, 15) is 9.59 Å². The molecule has 0 radical (unpaired) electrons. The number of halogens is 1. The molecule has 2 rings (SSSR count). The van der Waals surface area contributed by atoms with E-state index in [1.54, 1.807) is 18.2 Å². The number of carbonyl (C=O) groups excluding carboxylic acids is 1. The highest BCUT2D eigenvalue weighted by Gasteiger charge is 2.28. The van der Waals surface area contributed by atoms with Crippen LogP contribution in [-0.4, -0.2) is 11.1 Å². The third kappa shape index (κ3) is 1.71. The zero-order valence-corrected chi connectivity index (χ0v) is 9.95. The van der Waals surface area contributed by atoms with Crippen LogP contribution in [0.5, 0.6) is 0 Å². The summed E-state index contributed by atoms with van der Waals surface area (Å²) in [6.45, 7) is 1.31. The van der Waals surface area contributed by atoms with Crippen LogP contribution in [0, 0.1) is 0 Å². The minimum Gasteiger partial charge on any atom is -0.287 e. The number of aromatic nitrogens is 2. The van der Waals surface area contributed by atoms with Crippen molar-refractivity contribution in [1.82, 2.24) is 5.27 Å². The van der Waals surface area contributed by atoms with Crippen molar-refractivity contribution in [3.63, 3.8) is 0 Å². The Morgan fingerprint density at radius 1 is 1.44 bits per heavy atom. The molecule has 6 heteroatoms. The van der Waals surface area contributed by atoms with Crippen LogP contribution >= 0.6 is 15.9 Å². The lowest BCUT2D eigenvalue weighted by Crippen LogP contribution is -2.40. The molecule has 0 spiro atoms. The van der Waals surface area contributed by atoms with Gasteiger partial charge in [-0.05, 0) is 31.9 Å². The fourth-order valence-corrected chi connectivity index (χ4v) is 1.84. The summed E-state index contributed by atoms with van der Waals surface area (Å²) in [5.74, 6) is -0.356. The van der Waals surface area contributed by atoms with Gasteiger partial charge in [0.1, 0.15) is 0 Å². The number of hydrogen-bond acceptors (Lipinski definition) is 3. The highest BCUT2D eigenvalue weighted by molar-refractivity contribution is 9.10. The van der Waals surface area contributed by atoms with Gasteiger partial charge in [-0.3, -0.25) is 9.32 Å². The molecule has 0 bridgehead atoms. The van der Waals surface area contributed by atoms with Gasteiger partial charge in [0.15, 0.2) is 0 Å². The van der Waals surface area contributed by atoms with Gasteiger partial charge in [-0.2, -0.15) is 0 Å². The van der Waals surface area contributed by atoms with Crippen LogP contribution in [0.1, 0.15) is 17.4 Å². The fraction of sp³-hybridized carbons (Fsp3) is 0.100. The third-order valence-corrected chi connectivity index (χ3v) is 2.74. The number of rotatable bonds is 2. The molecule has 1 aromatic heterocycles. The zero-order chi connectivity index (χ0) is 11.7. The SMILES string of the molecule is CC(=O)c1c(=O)o[nH][n+]1-c1ccccc1Br. The molecule has 0 saturated heterocycles. The van der Waals surface area contributed by atoms with Gasteiger partial charge in [-0.25, -0.2) is 4.79 Å². The molecule has 0 saturated carbocycles. The maximum Gasteiger partial charge on any atom is 0.438 e. The number of para-hydroxylation sites is 1. The van der Waals surface area contributed by atoms with Gasteiger partial charge in [-0.1, -0.05) is 12.1 Å². The first kappa shape index (κ1) is 10.8. The molecule has 0 amide bonds. The van der Waals surface area contributed by atoms with Crippen molar-refractivity contribution in [3.8, 4) is 5.69 Å². The second-order valence-electron chi connectivity index (χ2n) is 3.17. The smallest absolute Gasteiger partial charge is 0.287 e. The Kier molecular flexibility index (Phi) is 2.74. The highest BCUT2D eigenvalue weighted by atomic mass is 79.9. The Labute approximate surface area is 98.8 Å². The molecule has 16 heavy (non-hydrogen) atoms. The molecule has 0 atom stereocenters. The van der Waals surface area contributed by atoms with Crippen LogP contribution < -0.4 is 10.3 Å². The van der Waals surface area contributed by atoms with Crippen molar-refractivity contribution in [2.45, 2.75) is 6.92 Å². The van der Waals surface area contributed by atoms with E-state index in [-0.39, 0.29) is 11.5 Å². The number of nitrogens with zero attached hydrogens (tertiary/aromatic N) is 1. The van der Waals surface area contributed by atoms with Crippen molar-refractivity contribution < 1.29 is 14.0 Å². The first-order chi connectivity index (χ1) is 7.61. The summed E-state index contributed by atoms with van der Waals surface area (Å²) < 4.78 is 6.67. The van der Waals surface area contributed by atoms with Crippen LogP contribution in [-0.2, 0) is 0 Å². The monoisotopic (exact) mass is 283 g/mol. The number of benzene rings is 1. The Balaban J connectivity index is 2.71. The molecule has 0 aliphatic carbocycles. The van der Waals surface area contributed by atoms with Crippen LogP contribution in [0.4, 0.5) is 0 Å². The normalized spacial score (nSPS) is 10.4. The Bertz CT molecular complexity index is 600. The van der Waals surface area contributed by atoms with Gasteiger partial charge >= 0.3 is 11.3 Å². The predicted molar refractivity (Wildman–Crippen MR) is 58.6 cm³/mol. The molecule has 0 aliphatic rings. The molecule has 1 heterocycles. The molecular weight excluding hydrogens is 276 g/mol. The average molecular weight is 284 g/mol. The minimum atomic E-state index is -0.678. The molecular formula is C10H8BrN2O3+. The summed E-state index contributed by atoms with van der Waals surface area (Å²) >= 11 is 3.33. The molecule has 0 fully saturated rings. The molecule has 82 valence electrons. The van der Waals surface area contributed by atoms with Crippen LogP contribution in [0.25, 0.3) is 5.69 Å². The third-order valence-electron chi connectivity index (χ3n) is 2.07. The van der Waals surface area contributed by atoms with Crippen molar-refractivity contribution in [3.05, 3.63) is 44.9 Å². The summed E-state index contributed by atoms with van der Waals surface area (Å²) in [6.07, 6.45) is 0. The predicted octanol–water partition coefficient (Wildman–Crippen LogP) is 1.21. The molecule has 0 aliphatic heterocycles. The Hall–Kier alpha value is -1.69. The molecule has 5 nitrogen and oxygen atoms in total. The summed E-state index contributed by atoms with van der Waals surface area (Å²) in [6, 6.07) is 7.18. The topological polar surface area (TPSA) is 67.0 Å². The highest BCUT2D eigenvalue weighted by Crippen LogP contribution is 2.15. The number of nitrogens with one attached hydrogen (secondary N) is 1. The van der Waals surface area contributed by atoms with Crippen molar-refractivity contribution in [2.24, 2.45) is 0 Å². The van der Waals surface area contributed by atoms with Crippen molar-refractivity contribution >= 4 is 21.7 Å². The molecule has 2 aromatic rings. The van der Waals surface area contributed by atoms with E-state index in [1.807, 2.05) is 6.07 Å². The van der Waals surface area contributed by atoms with Gasteiger partial charge < -0.3 is 0 Å². The lowest BCUT2D eigenvalue weighted by Gasteiger charge is -1.93. The lowest BCUT2D eigenvalue weighted by atomic mass is 10.3. The standard InChI is InChI=1S/C10H7BrN2O3/c1-6(14)9-10(15)16-12-13(9)8-5-3-2-4-7(8)11/h2-5H,1H3/p+1. The van der Waals surface area contributed by atoms with Gasteiger partial charge in [0.05, 0.1) is 4.47 Å². The first-order valence-corrected chi connectivity index (χ1v) is 5.30. The van der Waals surface area contributed by atoms with E-state index in [1.165, 1.54) is 11.6 Å². The van der Waals surface area contributed by atoms with Crippen molar-refractivity contribution in [2.75, 3.05) is 0 Å². The second kappa shape index (κ2) is 4.05. The summed E-state index contributed by atoms with van der Waals surface area (Å²) in [4.78, 5) is 22.6. The summed E-state index contributed by atoms with van der Waals surface area (Å²) in [5, 5.41) is 2.39. The minimum absolute atomic E-state index is 0.0353. The number of H-pyrrole nitrogens is 1. The first-order valence-electron chi connectivity index (χ1n) is 4.50. The summed E-state index contributed by atoms with van der Waals surface area (Å²) in [7, 11) is 0. The fourth-order valence-electron chi connectivity index (χ4n) is 1.38. The molecule has 1 N–H and O–H groups in total. The largest absolute Gasteiger partial charge is 0.438 e. The maximum absolute atomic E-state index is 11.3. The molecule has 1 aromatic carbocycles. The van der Waals surface area contributed by atoms with E-state index >= 15 is 0 Å². The van der Waals surface area contributed by atoms with E-state index < -0.39 is 5.63 Å². The van der Waals surface area contributed by atoms with Crippen LogP contribution in [0.2, 0.25) is 0 Å². The summed E-state index contributed by atoms with van der Waals surface area (Å²) in [5.41, 5.74) is -0.0753. The quantitative estimate of drug-likeness (QED) is 0.665. The maximum atomic E-state index is 11.3. The van der Waals surface area contributed by atoms with Gasteiger partial charge in [0.25, 0.3) is 5.69 Å². The van der Waals surface area contributed by atoms with Crippen LogP contribution in [0.3, 0.4) is 0 Å². The van der Waals surface area contributed by atoms with E-state index in [2.05, 4.69) is 25.7 Å². The number of ketones is 1.